The number of nitrogens with zero attached hydrogens (tertiary/aromatic N) is 2. The van der Waals surface area contributed by atoms with Crippen LogP contribution >= 0.6 is 0 Å². The summed E-state index contributed by atoms with van der Waals surface area (Å²) in [6, 6.07) is 15.8. The van der Waals surface area contributed by atoms with E-state index >= 15 is 0 Å². The Morgan fingerprint density at radius 1 is 1.16 bits per heavy atom. The second kappa shape index (κ2) is 6.53. The van der Waals surface area contributed by atoms with Crippen molar-refractivity contribution in [2.45, 2.75) is 12.5 Å². The first-order valence-electron chi connectivity index (χ1n) is 8.47. The fourth-order valence-corrected chi connectivity index (χ4v) is 3.18. The van der Waals surface area contributed by atoms with Crippen molar-refractivity contribution in [2.24, 2.45) is 5.73 Å². The van der Waals surface area contributed by atoms with Crippen LogP contribution in [0.2, 0.25) is 0 Å². The van der Waals surface area contributed by atoms with Crippen LogP contribution in [0.4, 0.5) is 0 Å². The summed E-state index contributed by atoms with van der Waals surface area (Å²) in [6.07, 6.45) is 4.86. The molecule has 3 N–H and O–H groups in total. The lowest BCUT2D eigenvalue weighted by Gasteiger charge is -2.15. The van der Waals surface area contributed by atoms with Crippen LogP contribution in [0.1, 0.15) is 28.0 Å². The molecule has 1 atom stereocenters. The highest BCUT2D eigenvalue weighted by Gasteiger charge is 2.24. The average molecular weight is 332 g/mol. The maximum Gasteiger partial charge on any atom is 0.253 e. The van der Waals surface area contributed by atoms with E-state index < -0.39 is 0 Å². The van der Waals surface area contributed by atoms with E-state index in [1.54, 1.807) is 0 Å². The normalized spacial score (nSPS) is 17.6. The Kier molecular flexibility index (Phi) is 4.07. The Bertz CT molecular complexity index is 926. The molecule has 1 aliphatic heterocycles. The molecule has 5 nitrogen and oxygen atoms in total. The summed E-state index contributed by atoms with van der Waals surface area (Å²) in [5, 5.41) is 8.45. The van der Waals surface area contributed by atoms with Crippen molar-refractivity contribution >= 4 is 29.0 Å². The SMILES string of the molecule is NC1CCN(C(=O)c2ccc(/C=C/c3n[nH]c4ccccc34)cc2)C1. The zero-order valence-corrected chi connectivity index (χ0v) is 13.9. The number of amides is 1. The summed E-state index contributed by atoms with van der Waals surface area (Å²) >= 11 is 0. The molecule has 0 saturated carbocycles. The van der Waals surface area contributed by atoms with Gasteiger partial charge in [-0.3, -0.25) is 9.89 Å². The number of nitrogens with one attached hydrogen (secondary N) is 1. The van der Waals surface area contributed by atoms with Gasteiger partial charge in [0, 0.05) is 30.1 Å². The number of benzene rings is 2. The molecule has 25 heavy (non-hydrogen) atoms. The van der Waals surface area contributed by atoms with Gasteiger partial charge in [0.2, 0.25) is 0 Å². The van der Waals surface area contributed by atoms with Crippen LogP contribution in [0.15, 0.2) is 48.5 Å². The predicted molar refractivity (Wildman–Crippen MR) is 100.0 cm³/mol. The molecule has 2 heterocycles. The van der Waals surface area contributed by atoms with Crippen LogP contribution in [0.3, 0.4) is 0 Å². The Morgan fingerprint density at radius 3 is 2.72 bits per heavy atom. The molecule has 0 radical (unpaired) electrons. The molecular formula is C20H20N4O. The first-order chi connectivity index (χ1) is 12.2. The van der Waals surface area contributed by atoms with Crippen molar-refractivity contribution in [3.63, 3.8) is 0 Å². The maximum absolute atomic E-state index is 12.4. The summed E-state index contributed by atoms with van der Waals surface area (Å²) in [5.41, 5.74) is 9.54. The number of nitrogens with two attached hydrogens (primary N) is 1. The average Bonchev–Trinajstić information content (AvgIpc) is 3.26. The zero-order chi connectivity index (χ0) is 17.2. The van der Waals surface area contributed by atoms with Crippen LogP contribution in [-0.4, -0.2) is 40.1 Å². The minimum absolute atomic E-state index is 0.0572. The van der Waals surface area contributed by atoms with Gasteiger partial charge in [-0.05, 0) is 36.3 Å². The van der Waals surface area contributed by atoms with Gasteiger partial charge in [0.05, 0.1) is 11.2 Å². The van der Waals surface area contributed by atoms with Crippen LogP contribution in [-0.2, 0) is 0 Å². The van der Waals surface area contributed by atoms with Gasteiger partial charge in [-0.15, -0.1) is 0 Å². The van der Waals surface area contributed by atoms with Gasteiger partial charge in [-0.2, -0.15) is 5.10 Å². The van der Waals surface area contributed by atoms with Crippen LogP contribution in [0.5, 0.6) is 0 Å². The fraction of sp³-hybridized carbons (Fsp3) is 0.200. The number of aromatic amines is 1. The van der Waals surface area contributed by atoms with Gasteiger partial charge in [0.1, 0.15) is 0 Å². The van der Waals surface area contributed by atoms with E-state index in [1.807, 2.05) is 65.6 Å². The van der Waals surface area contributed by atoms with Gasteiger partial charge in [-0.25, -0.2) is 0 Å². The molecule has 0 spiro atoms. The molecule has 0 bridgehead atoms. The Labute approximate surface area is 146 Å². The van der Waals surface area contributed by atoms with E-state index in [-0.39, 0.29) is 11.9 Å². The largest absolute Gasteiger partial charge is 0.337 e. The minimum atomic E-state index is 0.0572. The number of H-pyrrole nitrogens is 1. The summed E-state index contributed by atoms with van der Waals surface area (Å²) in [6.45, 7) is 1.39. The molecule has 1 aromatic heterocycles. The third kappa shape index (κ3) is 3.19. The first-order valence-corrected chi connectivity index (χ1v) is 8.47. The maximum atomic E-state index is 12.4. The summed E-state index contributed by atoms with van der Waals surface area (Å²) in [7, 11) is 0. The summed E-state index contributed by atoms with van der Waals surface area (Å²) < 4.78 is 0. The van der Waals surface area contributed by atoms with Crippen LogP contribution in [0.25, 0.3) is 23.1 Å². The Balaban J connectivity index is 1.49. The smallest absolute Gasteiger partial charge is 0.253 e. The van der Waals surface area contributed by atoms with E-state index in [2.05, 4.69) is 10.2 Å². The molecule has 1 saturated heterocycles. The number of fused-ring (bicyclic) bond motifs is 1. The van der Waals surface area contributed by atoms with Gasteiger partial charge >= 0.3 is 0 Å². The number of hydrogen-bond donors (Lipinski definition) is 2. The Morgan fingerprint density at radius 2 is 1.96 bits per heavy atom. The highest BCUT2D eigenvalue weighted by molar-refractivity contribution is 5.95. The number of carbonyl (C=O) groups is 1. The van der Waals surface area contributed by atoms with Crippen LogP contribution in [0, 0.1) is 0 Å². The third-order valence-electron chi connectivity index (χ3n) is 4.60. The second-order valence-electron chi connectivity index (χ2n) is 6.41. The molecule has 4 rings (SSSR count). The van der Waals surface area contributed by atoms with Gasteiger partial charge in [0.15, 0.2) is 0 Å². The van der Waals surface area contributed by atoms with E-state index in [9.17, 15) is 4.79 Å². The zero-order valence-electron chi connectivity index (χ0n) is 13.9. The number of para-hydroxylation sites is 1. The van der Waals surface area contributed by atoms with Crippen molar-refractivity contribution in [1.82, 2.24) is 15.1 Å². The number of hydrogen-bond acceptors (Lipinski definition) is 3. The van der Waals surface area contributed by atoms with E-state index in [0.29, 0.717) is 12.1 Å². The minimum Gasteiger partial charge on any atom is -0.337 e. The molecule has 1 unspecified atom stereocenters. The van der Waals surface area contributed by atoms with E-state index in [4.69, 9.17) is 5.73 Å². The lowest BCUT2D eigenvalue weighted by Crippen LogP contribution is -2.31. The van der Waals surface area contributed by atoms with Crippen LogP contribution < -0.4 is 5.73 Å². The second-order valence-corrected chi connectivity index (χ2v) is 6.41. The number of carbonyl (C=O) groups excluding carboxylic acids is 1. The molecule has 3 aromatic rings. The van der Waals surface area contributed by atoms with Gasteiger partial charge in [0.25, 0.3) is 5.91 Å². The van der Waals surface area contributed by atoms with Crippen molar-refractivity contribution in [3.8, 4) is 0 Å². The molecule has 1 amide bonds. The van der Waals surface area contributed by atoms with Crippen molar-refractivity contribution < 1.29 is 4.79 Å². The lowest BCUT2D eigenvalue weighted by atomic mass is 10.1. The van der Waals surface area contributed by atoms with E-state index in [1.165, 1.54) is 0 Å². The molecular weight excluding hydrogens is 312 g/mol. The molecule has 2 aromatic carbocycles. The number of rotatable bonds is 3. The lowest BCUT2D eigenvalue weighted by molar-refractivity contribution is 0.0791. The highest BCUT2D eigenvalue weighted by Crippen LogP contribution is 2.18. The standard InChI is InChI=1S/C20H20N4O/c21-16-11-12-24(13-16)20(25)15-8-5-14(6-9-15)7-10-19-17-3-1-2-4-18(17)22-23-19/h1-10,16H,11-13,21H2,(H,22,23)/b10-7+. The molecule has 1 aliphatic rings. The molecule has 126 valence electrons. The highest BCUT2D eigenvalue weighted by atomic mass is 16.2. The topological polar surface area (TPSA) is 75.0 Å². The monoisotopic (exact) mass is 332 g/mol. The summed E-state index contributed by atoms with van der Waals surface area (Å²) in [5.74, 6) is 0.0572. The molecule has 1 fully saturated rings. The van der Waals surface area contributed by atoms with Gasteiger partial charge in [-0.1, -0.05) is 36.4 Å². The third-order valence-corrected chi connectivity index (χ3v) is 4.60. The van der Waals surface area contributed by atoms with Crippen molar-refractivity contribution in [2.75, 3.05) is 13.1 Å². The quantitative estimate of drug-likeness (QED) is 0.774. The molecule has 5 heteroatoms. The number of likely N-dealkylation sites (tertiary alicyclic amines) is 1. The fourth-order valence-electron chi connectivity index (χ4n) is 3.18. The summed E-state index contributed by atoms with van der Waals surface area (Å²) in [4.78, 5) is 14.3. The van der Waals surface area contributed by atoms with Crippen molar-refractivity contribution in [3.05, 3.63) is 65.4 Å². The predicted octanol–water partition coefficient (Wildman–Crippen LogP) is 2.91. The van der Waals surface area contributed by atoms with Gasteiger partial charge < -0.3 is 10.6 Å². The number of aromatic nitrogens is 2. The molecule has 0 aliphatic carbocycles. The van der Waals surface area contributed by atoms with Crippen molar-refractivity contribution in [1.29, 1.82) is 0 Å². The Hall–Kier alpha value is -2.92. The first kappa shape index (κ1) is 15.6. The van der Waals surface area contributed by atoms with E-state index in [0.717, 1.165) is 35.1 Å².